The van der Waals surface area contributed by atoms with Crippen LogP contribution in [0.1, 0.15) is 28.7 Å². The van der Waals surface area contributed by atoms with Crippen LogP contribution in [-0.4, -0.2) is 34.9 Å². The first-order valence-corrected chi connectivity index (χ1v) is 9.94. The summed E-state index contributed by atoms with van der Waals surface area (Å²) >= 11 is 0. The van der Waals surface area contributed by atoms with Crippen molar-refractivity contribution in [2.75, 3.05) is 13.2 Å². The zero-order valence-corrected chi connectivity index (χ0v) is 16.5. The number of carbonyl (C=O) groups excluding carboxylic acids is 2. The molecule has 4 aromatic rings. The van der Waals surface area contributed by atoms with Crippen LogP contribution in [0.5, 0.6) is 0 Å². The van der Waals surface area contributed by atoms with Crippen LogP contribution < -0.4 is 0 Å². The van der Waals surface area contributed by atoms with Crippen molar-refractivity contribution in [3.63, 3.8) is 0 Å². The number of H-pyrrole nitrogens is 1. The summed E-state index contributed by atoms with van der Waals surface area (Å²) in [6, 6.07) is 17.1. The van der Waals surface area contributed by atoms with E-state index in [2.05, 4.69) is 4.98 Å². The predicted molar refractivity (Wildman–Crippen MR) is 114 cm³/mol. The molecule has 150 valence electrons. The lowest BCUT2D eigenvalue weighted by atomic mass is 10.0. The van der Waals surface area contributed by atoms with Gasteiger partial charge in [-0.2, -0.15) is 0 Å². The van der Waals surface area contributed by atoms with E-state index in [4.69, 9.17) is 9.15 Å². The molecule has 1 amide bonds. The lowest BCUT2D eigenvalue weighted by Crippen LogP contribution is -2.27. The normalized spacial score (nSPS) is 13.8. The highest BCUT2D eigenvalue weighted by Gasteiger charge is 2.28. The smallest absolute Gasteiger partial charge is 0.341 e. The monoisotopic (exact) mass is 400 g/mol. The summed E-state index contributed by atoms with van der Waals surface area (Å²) in [5.41, 5.74) is 3.65. The summed E-state index contributed by atoms with van der Waals surface area (Å²) < 4.78 is 11.0. The Bertz CT molecular complexity index is 1280. The molecule has 1 aliphatic heterocycles. The molecule has 0 atom stereocenters. The molecule has 0 unspecified atom stereocenters. The Morgan fingerprint density at radius 3 is 2.77 bits per heavy atom. The van der Waals surface area contributed by atoms with Gasteiger partial charge >= 0.3 is 5.97 Å². The van der Waals surface area contributed by atoms with Gasteiger partial charge in [0.1, 0.15) is 5.58 Å². The number of hydrogen-bond donors (Lipinski definition) is 1. The maximum atomic E-state index is 13.2. The van der Waals surface area contributed by atoms with E-state index < -0.39 is 5.97 Å². The number of amides is 1. The molecule has 1 N–H and O–H groups in total. The minimum Gasteiger partial charge on any atom is -0.462 e. The van der Waals surface area contributed by atoms with Gasteiger partial charge in [-0.15, -0.1) is 0 Å². The third-order valence-electron chi connectivity index (χ3n) is 5.36. The van der Waals surface area contributed by atoms with E-state index in [1.165, 1.54) is 4.90 Å². The number of nitrogens with zero attached hydrogens (tertiary/aromatic N) is 1. The first-order valence-electron chi connectivity index (χ1n) is 9.94. The molecule has 30 heavy (non-hydrogen) atoms. The molecule has 2 aromatic heterocycles. The number of rotatable bonds is 3. The molecular weight excluding hydrogens is 380 g/mol. The van der Waals surface area contributed by atoms with Gasteiger partial charge in [-0.05, 0) is 37.1 Å². The second-order valence-corrected chi connectivity index (χ2v) is 7.18. The Morgan fingerprint density at radius 1 is 1.13 bits per heavy atom. The maximum Gasteiger partial charge on any atom is 0.341 e. The number of benzene rings is 2. The summed E-state index contributed by atoms with van der Waals surface area (Å²) in [4.78, 5) is 30.8. The van der Waals surface area contributed by atoms with E-state index >= 15 is 0 Å². The van der Waals surface area contributed by atoms with Crippen molar-refractivity contribution in [2.24, 2.45) is 0 Å². The molecule has 2 aromatic carbocycles. The minimum atomic E-state index is -0.463. The zero-order valence-electron chi connectivity index (χ0n) is 16.5. The van der Waals surface area contributed by atoms with Crippen LogP contribution in [0.3, 0.4) is 0 Å². The molecule has 5 rings (SSSR count). The summed E-state index contributed by atoms with van der Waals surface area (Å²) in [5, 5.41) is 1.90. The van der Waals surface area contributed by atoms with Gasteiger partial charge in [0.2, 0.25) is 0 Å². The second-order valence-electron chi connectivity index (χ2n) is 7.18. The molecule has 0 saturated carbocycles. The summed E-state index contributed by atoms with van der Waals surface area (Å²) in [7, 11) is 0. The molecule has 6 heteroatoms. The number of aromatic nitrogens is 1. The first kappa shape index (κ1) is 18.2. The molecule has 6 nitrogen and oxygen atoms in total. The molecule has 0 radical (unpaired) electrons. The lowest BCUT2D eigenvalue weighted by Gasteiger charge is -2.16. The fourth-order valence-corrected chi connectivity index (χ4v) is 3.96. The highest BCUT2D eigenvalue weighted by Crippen LogP contribution is 2.32. The topological polar surface area (TPSA) is 75.5 Å². The third-order valence-corrected chi connectivity index (χ3v) is 5.36. The van der Waals surface area contributed by atoms with Gasteiger partial charge in [0.05, 0.1) is 17.9 Å². The van der Waals surface area contributed by atoms with Gasteiger partial charge in [0.25, 0.3) is 5.91 Å². The summed E-state index contributed by atoms with van der Waals surface area (Å²) in [6.07, 6.45) is 2.18. The van der Waals surface area contributed by atoms with E-state index in [1.54, 1.807) is 19.2 Å². The maximum absolute atomic E-state index is 13.2. The molecule has 0 fully saturated rings. The fraction of sp³-hybridized carbons (Fsp3) is 0.167. The number of aromatic amines is 1. The average Bonchev–Trinajstić information content (AvgIpc) is 3.30. The van der Waals surface area contributed by atoms with Crippen LogP contribution in [0.15, 0.2) is 65.2 Å². The van der Waals surface area contributed by atoms with Gasteiger partial charge in [-0.25, -0.2) is 4.79 Å². The molecule has 0 bridgehead atoms. The van der Waals surface area contributed by atoms with Crippen LogP contribution in [0.4, 0.5) is 0 Å². The Balaban J connectivity index is 1.59. The number of esters is 1. The number of furan rings is 1. The van der Waals surface area contributed by atoms with Crippen LogP contribution in [0, 0.1) is 0 Å². The average molecular weight is 400 g/mol. The van der Waals surface area contributed by atoms with Gasteiger partial charge < -0.3 is 19.0 Å². The standard InChI is InChI=1S/C24H20N2O4/c1-2-29-24(28)18-14-26(23(27)21-13-15-7-3-6-10-20(15)30-21)12-11-17-16-8-4-5-9-19(16)25-22(17)18/h3-10,13-14,25H,2,11-12H2,1H3. The largest absolute Gasteiger partial charge is 0.462 e. The van der Waals surface area contributed by atoms with E-state index in [9.17, 15) is 9.59 Å². The van der Waals surface area contributed by atoms with Crippen molar-refractivity contribution in [3.05, 3.63) is 77.8 Å². The van der Waals surface area contributed by atoms with Crippen LogP contribution in [0.25, 0.3) is 27.4 Å². The molecule has 1 aliphatic rings. The van der Waals surface area contributed by atoms with Gasteiger partial charge in [-0.1, -0.05) is 36.4 Å². The van der Waals surface area contributed by atoms with Crippen LogP contribution >= 0.6 is 0 Å². The van der Waals surface area contributed by atoms with E-state index in [0.29, 0.717) is 29.8 Å². The molecule has 0 saturated heterocycles. The van der Waals surface area contributed by atoms with Crippen molar-refractivity contribution in [3.8, 4) is 0 Å². The Labute approximate surface area is 172 Å². The van der Waals surface area contributed by atoms with E-state index in [-0.39, 0.29) is 18.3 Å². The molecule has 0 aliphatic carbocycles. The first-order chi connectivity index (χ1) is 14.7. The van der Waals surface area contributed by atoms with Crippen LogP contribution in [0.2, 0.25) is 0 Å². The van der Waals surface area contributed by atoms with Crippen molar-refractivity contribution >= 4 is 39.3 Å². The summed E-state index contributed by atoms with van der Waals surface area (Å²) in [6.45, 7) is 2.44. The predicted octanol–water partition coefficient (Wildman–Crippen LogP) is 4.52. The fourth-order valence-electron chi connectivity index (χ4n) is 3.96. The molecule has 3 heterocycles. The molecular formula is C24H20N2O4. The van der Waals surface area contributed by atoms with Crippen LogP contribution in [-0.2, 0) is 16.0 Å². The Morgan fingerprint density at radius 2 is 1.93 bits per heavy atom. The van der Waals surface area contributed by atoms with Gasteiger partial charge in [-0.3, -0.25) is 4.79 Å². The number of ether oxygens (including phenoxy) is 1. The number of fused-ring (bicyclic) bond motifs is 4. The van der Waals surface area contributed by atoms with Crippen molar-refractivity contribution in [1.29, 1.82) is 0 Å². The third kappa shape index (κ3) is 2.97. The number of carbonyl (C=O) groups is 2. The van der Waals surface area contributed by atoms with Crippen molar-refractivity contribution in [2.45, 2.75) is 13.3 Å². The van der Waals surface area contributed by atoms with Crippen molar-refractivity contribution in [1.82, 2.24) is 9.88 Å². The quantitative estimate of drug-likeness (QED) is 0.513. The minimum absolute atomic E-state index is 0.242. The van der Waals surface area contributed by atoms with E-state index in [0.717, 1.165) is 21.9 Å². The van der Waals surface area contributed by atoms with Gasteiger partial charge in [0.15, 0.2) is 5.76 Å². The summed E-state index contributed by atoms with van der Waals surface area (Å²) in [5.74, 6) is -0.511. The SMILES string of the molecule is CCOC(=O)C1=CN(C(=O)c2cc3ccccc3o2)CCc2c1[nH]c1ccccc21. The zero-order chi connectivity index (χ0) is 20.7. The van der Waals surface area contributed by atoms with Crippen molar-refractivity contribution < 1.29 is 18.7 Å². The second kappa shape index (κ2) is 7.22. The Kier molecular flexibility index (Phi) is 4.39. The molecule has 0 spiro atoms. The highest BCUT2D eigenvalue weighted by atomic mass is 16.5. The number of hydrogen-bond acceptors (Lipinski definition) is 4. The van der Waals surface area contributed by atoms with Gasteiger partial charge in [0, 0.05) is 29.0 Å². The Hall–Kier alpha value is -3.80. The highest BCUT2D eigenvalue weighted by molar-refractivity contribution is 6.18. The van der Waals surface area contributed by atoms with E-state index in [1.807, 2.05) is 48.5 Å². The number of para-hydroxylation sites is 2. The number of nitrogens with one attached hydrogen (secondary N) is 1. The lowest BCUT2D eigenvalue weighted by molar-refractivity contribution is -0.136.